The van der Waals surface area contributed by atoms with Crippen LogP contribution < -0.4 is 5.32 Å². The number of fused-ring (bicyclic) bond motifs is 1. The minimum absolute atomic E-state index is 0.0243. The average Bonchev–Trinajstić information content (AvgIpc) is 3.63. The summed E-state index contributed by atoms with van der Waals surface area (Å²) in [5.41, 5.74) is 5.91. The van der Waals surface area contributed by atoms with Crippen LogP contribution in [0.15, 0.2) is 66.9 Å². The van der Waals surface area contributed by atoms with Crippen LogP contribution in [0.2, 0.25) is 0 Å². The Morgan fingerprint density at radius 1 is 0.971 bits per heavy atom. The molecule has 0 radical (unpaired) electrons. The van der Waals surface area contributed by atoms with Crippen molar-refractivity contribution in [3.63, 3.8) is 0 Å². The molecule has 1 aromatic heterocycles. The summed E-state index contributed by atoms with van der Waals surface area (Å²) in [5, 5.41) is 8.45. The van der Waals surface area contributed by atoms with Gasteiger partial charge in [0, 0.05) is 24.0 Å². The lowest BCUT2D eigenvalue weighted by atomic mass is 9.97. The number of amides is 1. The highest BCUT2D eigenvalue weighted by Gasteiger charge is 2.24. The topological polar surface area (TPSA) is 81.1 Å². The van der Waals surface area contributed by atoms with Crippen LogP contribution in [-0.2, 0) is 16.6 Å². The smallest absolute Gasteiger partial charge is 0.251 e. The summed E-state index contributed by atoms with van der Waals surface area (Å²) in [6.45, 7) is 7.82. The lowest BCUT2D eigenvalue weighted by Crippen LogP contribution is -2.25. The van der Waals surface area contributed by atoms with Gasteiger partial charge in [-0.3, -0.25) is 9.48 Å². The van der Waals surface area contributed by atoms with Crippen LogP contribution in [0.1, 0.15) is 34.3 Å². The molecule has 0 bridgehead atoms. The van der Waals surface area contributed by atoms with Crippen LogP contribution in [-0.4, -0.2) is 35.3 Å². The van der Waals surface area contributed by atoms with Gasteiger partial charge in [0.1, 0.15) is 19.4 Å². The highest BCUT2D eigenvalue weighted by Crippen LogP contribution is 2.28. The molecular formula is C28H30FN3O3. The summed E-state index contributed by atoms with van der Waals surface area (Å²) in [4.78, 5) is 28.3. The van der Waals surface area contributed by atoms with Crippen LogP contribution in [0, 0.1) is 19.7 Å². The zero-order chi connectivity index (χ0) is 26.0. The quantitative estimate of drug-likeness (QED) is 0.441. The van der Waals surface area contributed by atoms with Crippen molar-refractivity contribution >= 4 is 30.4 Å². The Balaban J connectivity index is 0.000000303. The van der Waals surface area contributed by atoms with E-state index in [1.165, 1.54) is 6.07 Å². The zero-order valence-electron chi connectivity index (χ0n) is 20.3. The van der Waals surface area contributed by atoms with Gasteiger partial charge in [-0.2, -0.15) is 5.10 Å². The van der Waals surface area contributed by atoms with Gasteiger partial charge in [-0.15, -0.1) is 0 Å². The molecule has 0 aliphatic heterocycles. The molecule has 0 saturated heterocycles. The molecule has 5 rings (SSSR count). The Hall–Kier alpha value is -4.13. The van der Waals surface area contributed by atoms with Crippen LogP contribution in [0.25, 0.3) is 22.0 Å². The molecule has 0 atom stereocenters. The number of aryl methyl sites for hydroxylation is 3. The molecule has 1 saturated carbocycles. The largest absolute Gasteiger partial charge is 0.349 e. The van der Waals surface area contributed by atoms with Crippen molar-refractivity contribution in [2.45, 2.75) is 32.7 Å². The maximum atomic E-state index is 12.3. The average molecular weight is 476 g/mol. The van der Waals surface area contributed by atoms with Gasteiger partial charge in [0.25, 0.3) is 5.91 Å². The molecule has 7 heteroatoms. The lowest BCUT2D eigenvalue weighted by Gasteiger charge is -2.10. The second kappa shape index (κ2) is 12.9. The van der Waals surface area contributed by atoms with Gasteiger partial charge < -0.3 is 14.9 Å². The number of benzene rings is 3. The van der Waals surface area contributed by atoms with Gasteiger partial charge in [-0.25, -0.2) is 4.39 Å². The predicted octanol–water partition coefficient (Wildman–Crippen LogP) is 5.21. The van der Waals surface area contributed by atoms with Crippen molar-refractivity contribution in [1.29, 1.82) is 0 Å². The highest BCUT2D eigenvalue weighted by molar-refractivity contribution is 5.96. The number of carbonyl (C=O) groups excluding carboxylic acids is 3. The van der Waals surface area contributed by atoms with E-state index in [0.717, 1.165) is 46.0 Å². The number of nitrogens with zero attached hydrogens (tertiary/aromatic N) is 2. The Morgan fingerprint density at radius 3 is 2.26 bits per heavy atom. The maximum Gasteiger partial charge on any atom is 0.251 e. The van der Waals surface area contributed by atoms with Crippen molar-refractivity contribution in [1.82, 2.24) is 15.1 Å². The number of halogens is 1. The summed E-state index contributed by atoms with van der Waals surface area (Å²) in [6, 6.07) is 19.3. The number of hydrogen-bond acceptors (Lipinski definition) is 4. The second-order valence-corrected chi connectivity index (χ2v) is 8.07. The van der Waals surface area contributed by atoms with E-state index in [-0.39, 0.29) is 11.7 Å². The normalized spacial score (nSPS) is 11.7. The van der Waals surface area contributed by atoms with E-state index in [1.54, 1.807) is 19.1 Å². The van der Waals surface area contributed by atoms with E-state index in [2.05, 4.69) is 35.5 Å². The van der Waals surface area contributed by atoms with Crippen molar-refractivity contribution in [3.8, 4) is 11.1 Å². The van der Waals surface area contributed by atoms with Gasteiger partial charge in [-0.1, -0.05) is 30.3 Å². The van der Waals surface area contributed by atoms with Crippen LogP contribution >= 0.6 is 0 Å². The molecule has 182 valence electrons. The zero-order valence-corrected chi connectivity index (χ0v) is 20.3. The van der Waals surface area contributed by atoms with Gasteiger partial charge in [0.05, 0.1) is 11.7 Å². The van der Waals surface area contributed by atoms with E-state index in [0.29, 0.717) is 11.6 Å². The molecule has 35 heavy (non-hydrogen) atoms. The third-order valence-electron chi connectivity index (χ3n) is 5.55. The minimum atomic E-state index is -0.132. The molecule has 4 aromatic rings. The second-order valence-electron chi connectivity index (χ2n) is 8.07. The molecule has 1 heterocycles. The van der Waals surface area contributed by atoms with E-state index < -0.39 is 0 Å². The number of nitrogens with one attached hydrogen (secondary N) is 1. The van der Waals surface area contributed by atoms with Crippen molar-refractivity contribution in [2.75, 3.05) is 0 Å². The summed E-state index contributed by atoms with van der Waals surface area (Å²) in [5.74, 6) is -0.108. The number of hydrogen-bond donors (Lipinski definition) is 1. The van der Waals surface area contributed by atoms with Crippen molar-refractivity contribution < 1.29 is 18.8 Å². The first kappa shape index (κ1) is 27.1. The van der Waals surface area contributed by atoms with E-state index in [9.17, 15) is 9.18 Å². The summed E-state index contributed by atoms with van der Waals surface area (Å²) in [6.07, 6.45) is 4.07. The SMILES string of the molecule is C=O.C=O.Cc1ccc(C(=O)NC2CC2)cc1-c1ccc2c(cnn2C)c1.Cc1ccccc1F. The standard InChI is InChI=1S/C19H19N3O.C7H7F.2CH2O/c1-12-3-4-14(19(23)21-16-6-7-16)10-17(12)13-5-8-18-15(9-13)11-20-22(18)2;1-6-4-2-3-5-7(6)8;2*1-2/h3-5,8-11,16H,6-7H2,1-2H3,(H,21,23);2-5H,1H3;2*1H2. The lowest BCUT2D eigenvalue weighted by molar-refractivity contribution is -0.0987. The fraction of sp³-hybridized carbons (Fsp3) is 0.214. The Morgan fingerprint density at radius 2 is 1.66 bits per heavy atom. The summed E-state index contributed by atoms with van der Waals surface area (Å²) < 4.78 is 14.2. The first-order chi connectivity index (χ1) is 16.9. The maximum absolute atomic E-state index is 12.3. The Bertz CT molecular complexity index is 1260. The van der Waals surface area contributed by atoms with Crippen LogP contribution in [0.5, 0.6) is 0 Å². The third kappa shape index (κ3) is 7.17. The monoisotopic (exact) mass is 475 g/mol. The van der Waals surface area contributed by atoms with E-state index in [1.807, 2.05) is 55.8 Å². The summed E-state index contributed by atoms with van der Waals surface area (Å²) >= 11 is 0. The first-order valence-corrected chi connectivity index (χ1v) is 11.0. The molecule has 1 amide bonds. The van der Waals surface area contributed by atoms with Crippen molar-refractivity contribution in [3.05, 3.63) is 89.4 Å². The number of rotatable bonds is 3. The Kier molecular flexibility index (Phi) is 10.0. The fourth-order valence-electron chi connectivity index (χ4n) is 3.45. The van der Waals surface area contributed by atoms with Gasteiger partial charge >= 0.3 is 0 Å². The molecule has 1 aliphatic rings. The molecule has 1 fully saturated rings. The molecule has 3 aromatic carbocycles. The van der Waals surface area contributed by atoms with E-state index in [4.69, 9.17) is 9.59 Å². The molecule has 0 unspecified atom stereocenters. The summed E-state index contributed by atoms with van der Waals surface area (Å²) in [7, 11) is 1.94. The molecule has 1 N–H and O–H groups in total. The predicted molar refractivity (Wildman–Crippen MR) is 137 cm³/mol. The number of aromatic nitrogens is 2. The van der Waals surface area contributed by atoms with E-state index >= 15 is 0 Å². The van der Waals surface area contributed by atoms with Crippen molar-refractivity contribution in [2.24, 2.45) is 7.05 Å². The van der Waals surface area contributed by atoms with Gasteiger partial charge in [0.2, 0.25) is 0 Å². The van der Waals surface area contributed by atoms with Crippen LogP contribution in [0.3, 0.4) is 0 Å². The Labute approximate surface area is 204 Å². The molecule has 0 spiro atoms. The molecular weight excluding hydrogens is 445 g/mol. The fourth-order valence-corrected chi connectivity index (χ4v) is 3.45. The van der Waals surface area contributed by atoms with Crippen LogP contribution in [0.4, 0.5) is 4.39 Å². The molecule has 1 aliphatic carbocycles. The third-order valence-corrected chi connectivity index (χ3v) is 5.55. The molecule has 6 nitrogen and oxygen atoms in total. The van der Waals surface area contributed by atoms with Gasteiger partial charge in [-0.05, 0) is 79.3 Å². The number of carbonyl (C=O) groups is 3. The highest BCUT2D eigenvalue weighted by atomic mass is 19.1. The first-order valence-electron chi connectivity index (χ1n) is 11.0. The minimum Gasteiger partial charge on any atom is -0.349 e. The van der Waals surface area contributed by atoms with Gasteiger partial charge in [0.15, 0.2) is 0 Å².